The smallest absolute Gasteiger partial charge is 0.309 e. The topological polar surface area (TPSA) is 210 Å². The number of hydrogen-bond donors (Lipinski definition) is 0. The quantitative estimate of drug-likeness (QED) is 0.0492. The Morgan fingerprint density at radius 1 is 0.283 bits per heavy atom. The van der Waals surface area contributed by atoms with E-state index in [1.54, 1.807) is 0 Å². The number of benzene rings is 2. The van der Waals surface area contributed by atoms with Gasteiger partial charge in [0.2, 0.25) is 0 Å². The number of carbonyl (C=O) groups excluding carboxylic acids is 8. The monoisotopic (exact) mass is 1800 g/mol. The lowest BCUT2D eigenvalue weighted by Gasteiger charge is -2.36. The molecule has 3 rings (SSSR count). The van der Waals surface area contributed by atoms with E-state index in [1.807, 2.05) is 187 Å². The molecule has 2 aromatic carbocycles. The maximum absolute atomic E-state index is 11.7. The molecule has 1 aliphatic rings. The van der Waals surface area contributed by atoms with Gasteiger partial charge in [-0.1, -0.05) is 319 Å². The highest BCUT2D eigenvalue weighted by molar-refractivity contribution is 5.75. The van der Waals surface area contributed by atoms with Crippen molar-refractivity contribution in [3.8, 4) is 0 Å². The van der Waals surface area contributed by atoms with Gasteiger partial charge < -0.3 is 37.9 Å². The molecule has 10 atom stereocenters. The number of ether oxygens (including phenoxy) is 8. The van der Waals surface area contributed by atoms with Crippen LogP contribution in [0.15, 0.2) is 48.5 Å². The van der Waals surface area contributed by atoms with E-state index in [4.69, 9.17) is 37.9 Å². The zero-order valence-corrected chi connectivity index (χ0v) is 92.3. The Kier molecular flexibility index (Phi) is 74.0. The van der Waals surface area contributed by atoms with Crippen LogP contribution in [-0.4, -0.2) is 95.6 Å². The summed E-state index contributed by atoms with van der Waals surface area (Å²) < 4.78 is 42.0. The Bertz CT molecular complexity index is 2950. The first-order valence-electron chi connectivity index (χ1n) is 49.8. The lowest BCUT2D eigenvalue weighted by atomic mass is 9.72. The summed E-state index contributed by atoms with van der Waals surface area (Å²) in [5, 5.41) is 0. The molecule has 16 heteroatoms. The van der Waals surface area contributed by atoms with Crippen LogP contribution in [0.4, 0.5) is 0 Å². The molecule has 0 aromatic heterocycles. The highest BCUT2D eigenvalue weighted by Crippen LogP contribution is 2.39. The molecule has 0 aliphatic heterocycles. The minimum Gasteiger partial charge on any atom is -0.463 e. The van der Waals surface area contributed by atoms with Crippen molar-refractivity contribution in [2.45, 2.75) is 507 Å². The number of rotatable bonds is 32. The van der Waals surface area contributed by atoms with Gasteiger partial charge in [0, 0.05) is 0 Å². The summed E-state index contributed by atoms with van der Waals surface area (Å²) in [5.74, 6) is 3.77. The third kappa shape index (κ3) is 67.1. The van der Waals surface area contributed by atoms with Crippen molar-refractivity contribution in [3.05, 3.63) is 70.8 Å². The Morgan fingerprint density at radius 2 is 0.504 bits per heavy atom. The van der Waals surface area contributed by atoms with Crippen molar-refractivity contribution in [2.24, 2.45) is 88.3 Å². The Balaban J connectivity index is -0.000000253. The van der Waals surface area contributed by atoms with E-state index in [2.05, 4.69) is 208 Å². The fourth-order valence-electron chi connectivity index (χ4n) is 11.3. The van der Waals surface area contributed by atoms with E-state index in [0.717, 1.165) is 70.1 Å². The van der Waals surface area contributed by atoms with Crippen LogP contribution in [0.3, 0.4) is 0 Å². The normalized spacial score (nSPS) is 15.7. The molecule has 10 unspecified atom stereocenters. The number of hydrogen-bond acceptors (Lipinski definition) is 16. The molecule has 0 heterocycles. The van der Waals surface area contributed by atoms with Gasteiger partial charge in [0.25, 0.3) is 0 Å². The average Bonchev–Trinajstić information content (AvgIpc) is 0.858. The minimum absolute atomic E-state index is 0.00768. The molecule has 0 bridgehead atoms. The summed E-state index contributed by atoms with van der Waals surface area (Å²) in [6, 6.07) is 18.2. The lowest BCUT2D eigenvalue weighted by molar-refractivity contribution is -0.165. The second-order valence-corrected chi connectivity index (χ2v) is 43.1. The fourth-order valence-corrected chi connectivity index (χ4v) is 11.3. The zero-order valence-electron chi connectivity index (χ0n) is 92.3. The molecule has 1 saturated carbocycles. The molecule has 0 spiro atoms. The van der Waals surface area contributed by atoms with Crippen LogP contribution in [0, 0.1) is 88.3 Å². The highest BCUT2D eigenvalue weighted by Gasteiger charge is 2.33. The third-order valence-electron chi connectivity index (χ3n) is 23.6. The van der Waals surface area contributed by atoms with Crippen molar-refractivity contribution in [3.63, 3.8) is 0 Å². The summed E-state index contributed by atoms with van der Waals surface area (Å²) in [6.45, 7) is 102. The summed E-state index contributed by atoms with van der Waals surface area (Å²) >= 11 is 0. The molecule has 16 nitrogen and oxygen atoms in total. The summed E-state index contributed by atoms with van der Waals surface area (Å²) in [6.07, 6.45) is 14.1. The van der Waals surface area contributed by atoms with Crippen molar-refractivity contribution in [1.82, 2.24) is 0 Å². The predicted molar refractivity (Wildman–Crippen MR) is 538 cm³/mol. The van der Waals surface area contributed by atoms with Crippen molar-refractivity contribution < 1.29 is 76.3 Å². The van der Waals surface area contributed by atoms with Gasteiger partial charge in [-0.05, 0) is 252 Å². The summed E-state index contributed by atoms with van der Waals surface area (Å²) in [5.41, 5.74) is 6.00. The Morgan fingerprint density at radius 3 is 0.693 bits per heavy atom. The maximum Gasteiger partial charge on any atom is 0.309 e. The lowest BCUT2D eigenvalue weighted by Crippen LogP contribution is -2.35. The van der Waals surface area contributed by atoms with Gasteiger partial charge in [0.05, 0.1) is 65.7 Å². The molecule has 0 N–H and O–H groups in total. The number of carbonyl (C=O) groups is 8. The first kappa shape index (κ1) is 134. The van der Waals surface area contributed by atoms with Gasteiger partial charge >= 0.3 is 47.8 Å². The van der Waals surface area contributed by atoms with Gasteiger partial charge in [-0.2, -0.15) is 0 Å². The summed E-state index contributed by atoms with van der Waals surface area (Å²) in [7, 11) is 0. The van der Waals surface area contributed by atoms with E-state index in [-0.39, 0.29) is 154 Å². The predicted octanol–water partition coefficient (Wildman–Crippen LogP) is 31.0. The van der Waals surface area contributed by atoms with Crippen LogP contribution in [0.1, 0.15) is 470 Å². The minimum atomic E-state index is -0.347. The molecular weight excluding hydrogens is 1590 g/mol. The van der Waals surface area contributed by atoms with E-state index < -0.39 is 0 Å². The van der Waals surface area contributed by atoms with Gasteiger partial charge in [0.15, 0.2) is 0 Å². The molecule has 0 amide bonds. The average molecular weight is 1800 g/mol. The second-order valence-electron chi connectivity index (χ2n) is 43.1. The van der Waals surface area contributed by atoms with Crippen molar-refractivity contribution in [2.75, 3.05) is 0 Å². The molecule has 2 aromatic rings. The largest absolute Gasteiger partial charge is 0.463 e. The van der Waals surface area contributed by atoms with Gasteiger partial charge in [0.1, 0.15) is 29.5 Å². The Labute approximate surface area is 785 Å². The van der Waals surface area contributed by atoms with Crippen molar-refractivity contribution >= 4 is 47.8 Å². The molecule has 748 valence electrons. The van der Waals surface area contributed by atoms with Crippen LogP contribution in [0.25, 0.3) is 0 Å². The van der Waals surface area contributed by atoms with E-state index in [9.17, 15) is 38.4 Å². The first-order chi connectivity index (χ1) is 57.9. The standard InChI is InChI=1S/C15H28O2.2C14H22.2C12H24O2.C11H22O2.C9H18O2.3C8H16O2/c1-6-11(2)14(16)17-13-9-7-12(8-10-13)15(3,4)5;2*1-6-11(2)12-7-9-13(10-8-12)14(3,4)5;2*1-7-10(6)12(13)14-11(8(2)3)9(4)5;1-7-9(4)10(12)13-11(5,6)8(2)3;1-6-7(2)8(10)11-9(3,4)5;3*1-5-7(4)8(9)10-6(2)3/h11-13H,6-10H2,1-5H3;2*7-11H,6H2,1-5H3;2*8-11H,7H2,1-6H3;8-9H,7H2,1-6H3;7H,6H2,1-5H3;3*6-7H,5H2,1-4H3. The van der Waals surface area contributed by atoms with E-state index in [1.165, 1.54) is 47.9 Å². The molecular formula is C111H208O16. The van der Waals surface area contributed by atoms with Gasteiger partial charge in [-0.15, -0.1) is 0 Å². The van der Waals surface area contributed by atoms with Crippen LogP contribution in [-0.2, 0) is 87.1 Å². The first-order valence-corrected chi connectivity index (χ1v) is 49.8. The van der Waals surface area contributed by atoms with Gasteiger partial charge in [-0.3, -0.25) is 38.4 Å². The van der Waals surface area contributed by atoms with Crippen LogP contribution >= 0.6 is 0 Å². The van der Waals surface area contributed by atoms with E-state index in [0.29, 0.717) is 46.8 Å². The van der Waals surface area contributed by atoms with Crippen LogP contribution in [0.5, 0.6) is 0 Å². The third-order valence-corrected chi connectivity index (χ3v) is 23.6. The SMILES string of the molecule is CCC(C)C(=O)OC(C(C)C)C(C)C.CCC(C)C(=O)OC(C(C)C)C(C)C.CCC(C)C(=O)OC(C)(C)C.CCC(C)C(=O)OC(C)(C)C(C)C.CCC(C)C(=O)OC(C)C.CCC(C)C(=O)OC(C)C.CCC(C)C(=O)OC(C)C.CCC(C)C(=O)OC1CCC(C(C)(C)C)CC1.CCC(C)c1ccc(C(C)(C)C)cc1.CCC(C)c1ccc(C(C)(C)C)cc1. The fraction of sp³-hybridized carbons (Fsp3) is 0.820. The van der Waals surface area contributed by atoms with Crippen LogP contribution < -0.4 is 0 Å². The number of esters is 8. The molecule has 1 fully saturated rings. The highest BCUT2D eigenvalue weighted by atomic mass is 16.6. The van der Waals surface area contributed by atoms with Crippen molar-refractivity contribution in [1.29, 1.82) is 0 Å². The molecule has 1 aliphatic carbocycles. The molecule has 0 saturated heterocycles. The summed E-state index contributed by atoms with van der Waals surface area (Å²) in [4.78, 5) is 90.4. The zero-order chi connectivity index (χ0) is 101. The molecule has 0 radical (unpaired) electrons. The second kappa shape index (κ2) is 70.0. The Hall–Kier alpha value is -5.80. The molecule has 127 heavy (non-hydrogen) atoms. The van der Waals surface area contributed by atoms with Crippen LogP contribution in [0.2, 0.25) is 0 Å². The van der Waals surface area contributed by atoms with Gasteiger partial charge in [-0.25, -0.2) is 0 Å². The van der Waals surface area contributed by atoms with E-state index >= 15 is 0 Å². The maximum atomic E-state index is 11.7.